The third kappa shape index (κ3) is 6.78. The lowest BCUT2D eigenvalue weighted by molar-refractivity contribution is -0.122. The highest BCUT2D eigenvalue weighted by molar-refractivity contribution is 8.26. The van der Waals surface area contributed by atoms with Crippen molar-refractivity contribution in [1.82, 2.24) is 4.90 Å². The summed E-state index contributed by atoms with van der Waals surface area (Å²) in [5.74, 6) is -0.183. The van der Waals surface area contributed by atoms with E-state index in [2.05, 4.69) is 17.4 Å². The van der Waals surface area contributed by atoms with Crippen LogP contribution in [0.15, 0.2) is 101 Å². The van der Waals surface area contributed by atoms with Gasteiger partial charge in [0.25, 0.3) is 5.91 Å². The zero-order valence-electron chi connectivity index (χ0n) is 19.4. The molecule has 4 rings (SSSR count). The number of thioether (sulfide) groups is 1. The monoisotopic (exact) mass is 498 g/mol. The Morgan fingerprint density at radius 3 is 2.26 bits per heavy atom. The van der Waals surface area contributed by atoms with Gasteiger partial charge in [-0.1, -0.05) is 103 Å². The molecule has 1 aliphatic rings. The number of allylic oxidation sites excluding steroid dienone is 2. The molecule has 176 valence electrons. The van der Waals surface area contributed by atoms with Crippen LogP contribution in [-0.2, 0) is 9.59 Å². The van der Waals surface area contributed by atoms with E-state index in [9.17, 15) is 9.59 Å². The number of hydrogen-bond donors (Lipinski definition) is 1. The highest BCUT2D eigenvalue weighted by atomic mass is 32.2. The first-order valence-corrected chi connectivity index (χ1v) is 12.7. The quantitative estimate of drug-likeness (QED) is 0.271. The molecule has 0 saturated carbocycles. The van der Waals surface area contributed by atoms with Crippen LogP contribution in [-0.4, -0.2) is 27.6 Å². The number of nitrogens with zero attached hydrogens (tertiary/aromatic N) is 1. The van der Waals surface area contributed by atoms with Crippen molar-refractivity contribution in [2.24, 2.45) is 0 Å². The number of rotatable bonds is 8. The highest BCUT2D eigenvalue weighted by Crippen LogP contribution is 2.32. The van der Waals surface area contributed by atoms with E-state index < -0.39 is 0 Å². The minimum atomic E-state index is -0.0993. The summed E-state index contributed by atoms with van der Waals surface area (Å²) in [4.78, 5) is 27.5. The zero-order valence-corrected chi connectivity index (χ0v) is 21.1. The first-order valence-electron chi connectivity index (χ1n) is 11.4. The van der Waals surface area contributed by atoms with Crippen LogP contribution in [0.3, 0.4) is 0 Å². The fourth-order valence-electron chi connectivity index (χ4n) is 3.75. The Hall–Kier alpha value is -3.48. The van der Waals surface area contributed by atoms with Gasteiger partial charge in [-0.3, -0.25) is 14.5 Å². The minimum absolute atomic E-state index is 0.0833. The van der Waals surface area contributed by atoms with Crippen molar-refractivity contribution in [2.75, 3.05) is 11.9 Å². The second-order valence-corrected chi connectivity index (χ2v) is 9.90. The molecule has 0 aromatic heterocycles. The average molecular weight is 499 g/mol. The van der Waals surface area contributed by atoms with E-state index in [1.54, 1.807) is 4.90 Å². The van der Waals surface area contributed by atoms with E-state index in [1.165, 1.54) is 11.8 Å². The molecule has 3 aromatic rings. The third-order valence-electron chi connectivity index (χ3n) is 5.49. The number of benzene rings is 3. The summed E-state index contributed by atoms with van der Waals surface area (Å²) in [6, 6.07) is 27.9. The molecule has 3 aromatic carbocycles. The second kappa shape index (κ2) is 11.8. The lowest BCUT2D eigenvalue weighted by atomic mass is 10.1. The molecule has 0 unspecified atom stereocenters. The van der Waals surface area contributed by atoms with Crippen molar-refractivity contribution >= 4 is 51.9 Å². The maximum atomic E-state index is 12.8. The molecule has 0 spiro atoms. The summed E-state index contributed by atoms with van der Waals surface area (Å²) in [5, 5.41) is 2.93. The number of anilines is 1. The molecule has 1 saturated heterocycles. The van der Waals surface area contributed by atoms with Crippen LogP contribution in [0.25, 0.3) is 17.2 Å². The molecule has 6 heteroatoms. The largest absolute Gasteiger partial charge is 0.326 e. The van der Waals surface area contributed by atoms with Gasteiger partial charge in [-0.2, -0.15) is 0 Å². The Morgan fingerprint density at radius 1 is 0.943 bits per heavy atom. The van der Waals surface area contributed by atoms with Gasteiger partial charge in [0.15, 0.2) is 0 Å². The molecule has 0 atom stereocenters. The Kier molecular flexibility index (Phi) is 8.29. The third-order valence-corrected chi connectivity index (χ3v) is 6.87. The summed E-state index contributed by atoms with van der Waals surface area (Å²) < 4.78 is 0.533. The molecule has 0 bridgehead atoms. The molecule has 1 aliphatic heterocycles. The van der Waals surface area contributed by atoms with Crippen LogP contribution < -0.4 is 5.32 Å². The number of thiocarbonyl (C=S) groups is 1. The van der Waals surface area contributed by atoms with Gasteiger partial charge in [-0.25, -0.2) is 0 Å². The van der Waals surface area contributed by atoms with Crippen LogP contribution in [0.1, 0.15) is 25.3 Å². The number of hydrogen-bond acceptors (Lipinski definition) is 4. The van der Waals surface area contributed by atoms with E-state index in [-0.39, 0.29) is 11.8 Å². The van der Waals surface area contributed by atoms with Gasteiger partial charge in [-0.15, -0.1) is 0 Å². The average Bonchev–Trinajstić information content (AvgIpc) is 3.13. The molecule has 1 N–H and O–H groups in total. The number of nitrogens with one attached hydrogen (secondary N) is 1. The van der Waals surface area contributed by atoms with Gasteiger partial charge in [0.1, 0.15) is 4.32 Å². The van der Waals surface area contributed by atoms with E-state index in [4.69, 9.17) is 12.2 Å². The van der Waals surface area contributed by atoms with Crippen LogP contribution in [0.5, 0.6) is 0 Å². The molecule has 4 nitrogen and oxygen atoms in total. The summed E-state index contributed by atoms with van der Waals surface area (Å²) >= 11 is 6.73. The standard InChI is InChI=1S/C29H26N2O2S2/c1-21(19-22-9-4-2-5-10-22)20-26-28(33)31(29(34)35-26)18-8-13-27(32)30-25-16-14-24(15-17-25)23-11-6-3-7-12-23/h2-7,9-12,14-17,19-20H,8,13,18H2,1H3,(H,30,32). The maximum Gasteiger partial charge on any atom is 0.266 e. The normalized spacial score (nSPS) is 15.1. The van der Waals surface area contributed by atoms with E-state index in [0.717, 1.165) is 28.0 Å². The van der Waals surface area contributed by atoms with Gasteiger partial charge in [0.05, 0.1) is 4.91 Å². The minimum Gasteiger partial charge on any atom is -0.326 e. The van der Waals surface area contributed by atoms with Crippen LogP contribution >= 0.6 is 24.0 Å². The molecule has 1 fully saturated rings. The molecule has 1 heterocycles. The first-order chi connectivity index (χ1) is 17.0. The molecule has 0 radical (unpaired) electrons. The fourth-order valence-corrected chi connectivity index (χ4v) is 5.11. The van der Waals surface area contributed by atoms with Crippen LogP contribution in [0.4, 0.5) is 5.69 Å². The molecule has 2 amide bonds. The number of amides is 2. The van der Waals surface area contributed by atoms with Crippen molar-refractivity contribution in [1.29, 1.82) is 0 Å². The summed E-state index contributed by atoms with van der Waals surface area (Å²) in [6.45, 7) is 2.39. The molecular formula is C29H26N2O2S2. The van der Waals surface area contributed by atoms with Crippen molar-refractivity contribution in [3.63, 3.8) is 0 Å². The lowest BCUT2D eigenvalue weighted by Crippen LogP contribution is -2.29. The Bertz CT molecular complexity index is 1270. The molecule has 35 heavy (non-hydrogen) atoms. The highest BCUT2D eigenvalue weighted by Gasteiger charge is 2.31. The second-order valence-electron chi connectivity index (χ2n) is 8.23. The maximum absolute atomic E-state index is 12.8. The Morgan fingerprint density at radius 2 is 1.57 bits per heavy atom. The topological polar surface area (TPSA) is 49.4 Å². The summed E-state index contributed by atoms with van der Waals surface area (Å²) in [6.07, 6.45) is 4.75. The van der Waals surface area contributed by atoms with Gasteiger partial charge < -0.3 is 5.32 Å². The Labute approximate surface area is 215 Å². The summed E-state index contributed by atoms with van der Waals surface area (Å²) in [7, 11) is 0. The van der Waals surface area contributed by atoms with Gasteiger partial charge in [0, 0.05) is 18.7 Å². The Balaban J connectivity index is 1.27. The van der Waals surface area contributed by atoms with E-state index in [1.807, 2.05) is 91.9 Å². The predicted octanol–water partition coefficient (Wildman–Crippen LogP) is 6.92. The van der Waals surface area contributed by atoms with Crippen molar-refractivity contribution in [3.05, 3.63) is 107 Å². The van der Waals surface area contributed by atoms with Crippen LogP contribution in [0.2, 0.25) is 0 Å². The lowest BCUT2D eigenvalue weighted by Gasteiger charge is -2.14. The first kappa shape index (κ1) is 24.6. The van der Waals surface area contributed by atoms with Gasteiger partial charge in [0.2, 0.25) is 5.91 Å². The van der Waals surface area contributed by atoms with Crippen molar-refractivity contribution in [3.8, 4) is 11.1 Å². The molecule has 0 aliphatic carbocycles. The SMILES string of the molecule is CC(=Cc1ccccc1)C=C1SC(=S)N(CCCC(=O)Nc2ccc(-c3ccccc3)cc2)C1=O. The smallest absolute Gasteiger partial charge is 0.266 e. The zero-order chi connectivity index (χ0) is 24.6. The predicted molar refractivity (Wildman–Crippen MR) is 150 cm³/mol. The fraction of sp³-hybridized carbons (Fsp3) is 0.138. The van der Waals surface area contributed by atoms with E-state index in [0.29, 0.717) is 28.6 Å². The summed E-state index contributed by atoms with van der Waals surface area (Å²) in [5.41, 5.74) is 5.05. The van der Waals surface area contributed by atoms with Crippen molar-refractivity contribution < 1.29 is 9.59 Å². The number of carbonyl (C=O) groups excluding carboxylic acids is 2. The molecular weight excluding hydrogens is 472 g/mol. The van der Waals surface area contributed by atoms with Gasteiger partial charge in [-0.05, 0) is 53.8 Å². The van der Waals surface area contributed by atoms with Crippen molar-refractivity contribution in [2.45, 2.75) is 19.8 Å². The van der Waals surface area contributed by atoms with E-state index >= 15 is 0 Å². The van der Waals surface area contributed by atoms with Gasteiger partial charge >= 0.3 is 0 Å². The number of carbonyl (C=O) groups is 2. The van der Waals surface area contributed by atoms with Crippen LogP contribution in [0, 0.1) is 0 Å².